The third kappa shape index (κ3) is 3.47. The molecule has 2 rings (SSSR count). The molecule has 1 aromatic heterocycles. The molecule has 1 heterocycles. The molecule has 0 aliphatic heterocycles. The van der Waals surface area contributed by atoms with Crippen LogP contribution in [0.5, 0.6) is 0 Å². The van der Waals surface area contributed by atoms with E-state index in [0.29, 0.717) is 5.56 Å². The molecule has 0 spiro atoms. The summed E-state index contributed by atoms with van der Waals surface area (Å²) in [6.45, 7) is 2.25. The van der Waals surface area contributed by atoms with Gasteiger partial charge in [-0.1, -0.05) is 22.9 Å². The Labute approximate surface area is 121 Å². The Bertz CT molecular complexity index is 484. The van der Waals surface area contributed by atoms with Crippen molar-refractivity contribution in [2.75, 3.05) is 5.33 Å². The van der Waals surface area contributed by atoms with Crippen molar-refractivity contribution >= 4 is 21.8 Å². The minimum Gasteiger partial charge on any atom is -0.346 e. The van der Waals surface area contributed by atoms with E-state index in [9.17, 15) is 9.59 Å². The van der Waals surface area contributed by atoms with Crippen molar-refractivity contribution in [2.45, 2.75) is 38.1 Å². The molecule has 2 N–H and O–H groups in total. The van der Waals surface area contributed by atoms with Crippen molar-refractivity contribution in [3.05, 3.63) is 34.2 Å². The van der Waals surface area contributed by atoms with Gasteiger partial charge in [0.2, 0.25) is 5.56 Å². The number of carbonyl (C=O) groups is 1. The molecule has 0 radical (unpaired) electrons. The van der Waals surface area contributed by atoms with Gasteiger partial charge in [-0.05, 0) is 37.7 Å². The highest BCUT2D eigenvalue weighted by Gasteiger charge is 2.34. The fourth-order valence-corrected chi connectivity index (χ4v) is 3.17. The quantitative estimate of drug-likeness (QED) is 0.838. The molecule has 5 heteroatoms. The smallest absolute Gasteiger partial charge is 0.253 e. The molecule has 0 saturated heterocycles. The fraction of sp³-hybridized carbons (Fsp3) is 0.571. The van der Waals surface area contributed by atoms with Crippen LogP contribution in [-0.2, 0) is 0 Å². The topological polar surface area (TPSA) is 62.0 Å². The predicted molar refractivity (Wildman–Crippen MR) is 78.7 cm³/mol. The molecule has 19 heavy (non-hydrogen) atoms. The van der Waals surface area contributed by atoms with Crippen molar-refractivity contribution in [2.24, 2.45) is 5.92 Å². The molecule has 1 saturated carbocycles. The van der Waals surface area contributed by atoms with Crippen molar-refractivity contribution in [1.29, 1.82) is 0 Å². The first-order valence-electron chi connectivity index (χ1n) is 6.62. The van der Waals surface area contributed by atoms with Crippen LogP contribution in [-0.4, -0.2) is 21.8 Å². The van der Waals surface area contributed by atoms with Gasteiger partial charge in [-0.2, -0.15) is 0 Å². The van der Waals surface area contributed by atoms with Crippen LogP contribution >= 0.6 is 15.9 Å². The summed E-state index contributed by atoms with van der Waals surface area (Å²) in [5.41, 5.74) is 0.150. The SMILES string of the molecule is CC1CCC(CBr)(NC(=O)c2ccc(=O)[nH]c2)CC1. The van der Waals surface area contributed by atoms with Gasteiger partial charge in [0.15, 0.2) is 0 Å². The minimum atomic E-state index is -0.196. The van der Waals surface area contributed by atoms with E-state index in [1.165, 1.54) is 12.3 Å². The highest BCUT2D eigenvalue weighted by Crippen LogP contribution is 2.33. The molecular weight excluding hydrogens is 308 g/mol. The van der Waals surface area contributed by atoms with Gasteiger partial charge in [-0.15, -0.1) is 0 Å². The van der Waals surface area contributed by atoms with Gasteiger partial charge in [0, 0.05) is 17.6 Å². The van der Waals surface area contributed by atoms with Crippen LogP contribution in [0.25, 0.3) is 0 Å². The first-order valence-corrected chi connectivity index (χ1v) is 7.74. The highest BCUT2D eigenvalue weighted by molar-refractivity contribution is 9.09. The molecule has 104 valence electrons. The van der Waals surface area contributed by atoms with E-state index in [-0.39, 0.29) is 17.0 Å². The Hall–Kier alpha value is -1.10. The molecule has 0 aromatic carbocycles. The predicted octanol–water partition coefficient (Wildman–Crippen LogP) is 2.45. The summed E-state index contributed by atoms with van der Waals surface area (Å²) in [5.74, 6) is 0.613. The molecule has 1 aliphatic rings. The number of amides is 1. The normalized spacial score (nSPS) is 26.9. The Morgan fingerprint density at radius 3 is 2.68 bits per heavy atom. The highest BCUT2D eigenvalue weighted by atomic mass is 79.9. The Morgan fingerprint density at radius 2 is 2.16 bits per heavy atom. The lowest BCUT2D eigenvalue weighted by Gasteiger charge is -2.39. The van der Waals surface area contributed by atoms with Gasteiger partial charge in [0.05, 0.1) is 11.1 Å². The van der Waals surface area contributed by atoms with Crippen LogP contribution in [0.3, 0.4) is 0 Å². The molecule has 0 unspecified atom stereocenters. The second-order valence-corrected chi connectivity index (χ2v) is 6.05. The molecule has 1 amide bonds. The number of alkyl halides is 1. The average Bonchev–Trinajstić information content (AvgIpc) is 2.42. The van der Waals surface area contributed by atoms with Crippen LogP contribution < -0.4 is 10.9 Å². The van der Waals surface area contributed by atoms with E-state index in [2.05, 4.69) is 33.2 Å². The van der Waals surface area contributed by atoms with Crippen molar-refractivity contribution in [3.8, 4) is 0 Å². The second-order valence-electron chi connectivity index (χ2n) is 5.49. The van der Waals surface area contributed by atoms with Crippen LogP contribution in [0.1, 0.15) is 43.0 Å². The molecule has 1 fully saturated rings. The largest absolute Gasteiger partial charge is 0.346 e. The molecular formula is C14H19BrN2O2. The average molecular weight is 327 g/mol. The van der Waals surface area contributed by atoms with E-state index in [0.717, 1.165) is 36.9 Å². The lowest BCUT2D eigenvalue weighted by molar-refractivity contribution is 0.0874. The first kappa shape index (κ1) is 14.3. The number of hydrogen-bond donors (Lipinski definition) is 2. The number of halogens is 1. The van der Waals surface area contributed by atoms with Crippen molar-refractivity contribution in [1.82, 2.24) is 10.3 Å². The van der Waals surface area contributed by atoms with E-state index < -0.39 is 0 Å². The van der Waals surface area contributed by atoms with Gasteiger partial charge >= 0.3 is 0 Å². The summed E-state index contributed by atoms with van der Waals surface area (Å²) in [5, 5.41) is 3.90. The summed E-state index contributed by atoms with van der Waals surface area (Å²) in [6.07, 6.45) is 5.73. The Balaban J connectivity index is 2.08. The molecule has 1 aliphatic carbocycles. The second kappa shape index (κ2) is 5.90. The third-order valence-electron chi connectivity index (χ3n) is 3.91. The van der Waals surface area contributed by atoms with Crippen molar-refractivity contribution < 1.29 is 4.79 Å². The van der Waals surface area contributed by atoms with Crippen molar-refractivity contribution in [3.63, 3.8) is 0 Å². The molecule has 0 atom stereocenters. The van der Waals surface area contributed by atoms with Gasteiger partial charge < -0.3 is 10.3 Å². The van der Waals surface area contributed by atoms with Crippen LogP contribution in [0, 0.1) is 5.92 Å². The van der Waals surface area contributed by atoms with Gasteiger partial charge in [-0.3, -0.25) is 9.59 Å². The molecule has 1 aromatic rings. The zero-order valence-corrected chi connectivity index (χ0v) is 12.6. The maximum Gasteiger partial charge on any atom is 0.253 e. The standard InChI is InChI=1S/C14H19BrN2O2/c1-10-4-6-14(9-15,7-5-10)17-13(19)11-2-3-12(18)16-8-11/h2-3,8,10H,4-7,9H2,1H3,(H,16,18)(H,17,19). The van der Waals surface area contributed by atoms with Crippen LogP contribution in [0.15, 0.2) is 23.1 Å². The number of H-pyrrole nitrogens is 1. The maximum absolute atomic E-state index is 12.2. The number of aromatic nitrogens is 1. The lowest BCUT2D eigenvalue weighted by Crippen LogP contribution is -2.52. The summed E-state index contributed by atoms with van der Waals surface area (Å²) >= 11 is 3.53. The first-order chi connectivity index (χ1) is 9.04. The number of pyridine rings is 1. The maximum atomic E-state index is 12.2. The summed E-state index contributed by atoms with van der Waals surface area (Å²) < 4.78 is 0. The van der Waals surface area contributed by atoms with E-state index in [1.807, 2.05) is 0 Å². The zero-order chi connectivity index (χ0) is 13.9. The Kier molecular flexibility index (Phi) is 4.45. The summed E-state index contributed by atoms with van der Waals surface area (Å²) in [6, 6.07) is 2.93. The van der Waals surface area contributed by atoms with E-state index in [1.54, 1.807) is 6.07 Å². The number of rotatable bonds is 3. The van der Waals surface area contributed by atoms with Crippen LogP contribution in [0.4, 0.5) is 0 Å². The lowest BCUT2D eigenvalue weighted by atomic mass is 9.78. The van der Waals surface area contributed by atoms with E-state index >= 15 is 0 Å². The summed E-state index contributed by atoms with van der Waals surface area (Å²) in [4.78, 5) is 25.7. The molecule has 0 bridgehead atoms. The third-order valence-corrected chi connectivity index (χ3v) is 4.99. The van der Waals surface area contributed by atoms with Gasteiger partial charge in [0.1, 0.15) is 0 Å². The number of carbonyl (C=O) groups excluding carboxylic acids is 1. The summed E-state index contributed by atoms with van der Waals surface area (Å²) in [7, 11) is 0. The van der Waals surface area contributed by atoms with Gasteiger partial charge in [0.25, 0.3) is 5.91 Å². The fourth-order valence-electron chi connectivity index (χ4n) is 2.47. The number of nitrogens with one attached hydrogen (secondary N) is 2. The van der Waals surface area contributed by atoms with Crippen LogP contribution in [0.2, 0.25) is 0 Å². The number of hydrogen-bond acceptors (Lipinski definition) is 2. The van der Waals surface area contributed by atoms with E-state index in [4.69, 9.17) is 0 Å². The monoisotopic (exact) mass is 326 g/mol. The van der Waals surface area contributed by atoms with Gasteiger partial charge in [-0.25, -0.2) is 0 Å². The Morgan fingerprint density at radius 1 is 1.47 bits per heavy atom. The zero-order valence-electron chi connectivity index (χ0n) is 11.0. The number of aromatic amines is 1. The minimum absolute atomic E-state index is 0.120. The molecule has 4 nitrogen and oxygen atoms in total.